The minimum absolute atomic E-state index is 0.156. The topological polar surface area (TPSA) is 85.6 Å². The van der Waals surface area contributed by atoms with Gasteiger partial charge in [-0.05, 0) is 36.4 Å². The van der Waals surface area contributed by atoms with Crippen molar-refractivity contribution in [1.82, 2.24) is 14.6 Å². The van der Waals surface area contributed by atoms with Gasteiger partial charge in [-0.3, -0.25) is 9.59 Å². The van der Waals surface area contributed by atoms with E-state index in [0.29, 0.717) is 32.9 Å². The van der Waals surface area contributed by atoms with Crippen LogP contribution in [0.4, 0.5) is 5.69 Å². The number of benzene rings is 1. The first-order valence-electron chi connectivity index (χ1n) is 10.6. The van der Waals surface area contributed by atoms with Gasteiger partial charge in [-0.15, -0.1) is 11.3 Å². The lowest BCUT2D eigenvalue weighted by molar-refractivity contribution is 0.103. The highest BCUT2D eigenvalue weighted by Gasteiger charge is 2.20. The van der Waals surface area contributed by atoms with E-state index in [9.17, 15) is 9.59 Å². The van der Waals surface area contributed by atoms with Crippen molar-refractivity contribution in [3.8, 4) is 5.75 Å². The van der Waals surface area contributed by atoms with Crippen LogP contribution in [0.25, 0.3) is 4.96 Å². The number of carbonyl (C=O) groups excluding carboxylic acids is 1. The molecule has 1 fully saturated rings. The molecule has 7 nitrogen and oxygen atoms in total. The number of ether oxygens (including phenoxy) is 1. The van der Waals surface area contributed by atoms with Gasteiger partial charge in [-0.1, -0.05) is 42.7 Å². The van der Waals surface area contributed by atoms with Crippen molar-refractivity contribution in [2.24, 2.45) is 0 Å². The number of amides is 1. The molecular weight excluding hydrogens is 444 g/mol. The smallest absolute Gasteiger partial charge is 0.275 e. The standard InChI is InChI=1S/C23H22N4O3S2/c28-20-13-17(25-23-27(20)26-22(32-23)15-6-2-1-3-7-15)14-30-18-9-4-8-16(12-18)24-21(29)19-10-5-11-31-19/h4-5,8-13,15H,1-3,6-7,14H2,(H,24,29). The van der Waals surface area contributed by atoms with Crippen molar-refractivity contribution in [3.63, 3.8) is 0 Å². The zero-order valence-electron chi connectivity index (χ0n) is 17.3. The Hall–Kier alpha value is -3.04. The molecule has 1 aliphatic rings. The van der Waals surface area contributed by atoms with Gasteiger partial charge in [0.2, 0.25) is 4.96 Å². The molecule has 3 aromatic heterocycles. The van der Waals surface area contributed by atoms with Crippen LogP contribution in [0.15, 0.2) is 52.6 Å². The summed E-state index contributed by atoms with van der Waals surface area (Å²) >= 11 is 2.89. The lowest BCUT2D eigenvalue weighted by atomic mass is 9.90. The summed E-state index contributed by atoms with van der Waals surface area (Å²) in [6.07, 6.45) is 5.97. The molecule has 0 aliphatic heterocycles. The van der Waals surface area contributed by atoms with Crippen LogP contribution in [0.3, 0.4) is 0 Å². The third kappa shape index (κ3) is 4.58. The van der Waals surface area contributed by atoms with Crippen LogP contribution in [0.5, 0.6) is 5.75 Å². The number of thiophene rings is 1. The van der Waals surface area contributed by atoms with E-state index >= 15 is 0 Å². The van der Waals surface area contributed by atoms with Crippen molar-refractivity contribution in [3.05, 3.63) is 73.8 Å². The van der Waals surface area contributed by atoms with Crippen molar-refractivity contribution >= 4 is 39.2 Å². The average Bonchev–Trinajstić information content (AvgIpc) is 3.49. The lowest BCUT2D eigenvalue weighted by Crippen LogP contribution is -2.17. The van der Waals surface area contributed by atoms with Crippen LogP contribution >= 0.6 is 22.7 Å². The van der Waals surface area contributed by atoms with Gasteiger partial charge < -0.3 is 10.1 Å². The van der Waals surface area contributed by atoms with Crippen molar-refractivity contribution < 1.29 is 9.53 Å². The van der Waals surface area contributed by atoms with Crippen LogP contribution in [-0.4, -0.2) is 20.5 Å². The van der Waals surface area contributed by atoms with E-state index in [1.165, 1.54) is 52.5 Å². The summed E-state index contributed by atoms with van der Waals surface area (Å²) in [5.41, 5.74) is 1.01. The van der Waals surface area contributed by atoms with E-state index in [4.69, 9.17) is 4.74 Å². The number of rotatable bonds is 6. The zero-order chi connectivity index (χ0) is 21.9. The Morgan fingerprint density at radius 1 is 1.16 bits per heavy atom. The molecule has 0 radical (unpaired) electrons. The largest absolute Gasteiger partial charge is 0.487 e. The highest BCUT2D eigenvalue weighted by atomic mass is 32.1. The molecule has 5 rings (SSSR count). The van der Waals surface area contributed by atoms with Crippen LogP contribution in [0.1, 0.15) is 58.4 Å². The Kier molecular flexibility index (Phi) is 6.00. The van der Waals surface area contributed by atoms with Gasteiger partial charge in [0, 0.05) is 23.7 Å². The van der Waals surface area contributed by atoms with Crippen molar-refractivity contribution in [2.75, 3.05) is 5.32 Å². The summed E-state index contributed by atoms with van der Waals surface area (Å²) < 4.78 is 7.26. The van der Waals surface area contributed by atoms with Crippen LogP contribution < -0.4 is 15.6 Å². The van der Waals surface area contributed by atoms with Crippen molar-refractivity contribution in [1.29, 1.82) is 0 Å². The molecule has 0 saturated heterocycles. The Balaban J connectivity index is 1.28. The predicted molar refractivity (Wildman–Crippen MR) is 126 cm³/mol. The molecule has 3 heterocycles. The number of nitrogens with one attached hydrogen (secondary N) is 1. The fraction of sp³-hybridized carbons (Fsp3) is 0.304. The summed E-state index contributed by atoms with van der Waals surface area (Å²) in [6, 6.07) is 12.3. The zero-order valence-corrected chi connectivity index (χ0v) is 19.0. The predicted octanol–water partition coefficient (Wildman–Crippen LogP) is 5.09. The lowest BCUT2D eigenvalue weighted by Gasteiger charge is -2.18. The molecule has 1 saturated carbocycles. The van der Waals surface area contributed by atoms with Gasteiger partial charge in [-0.25, -0.2) is 4.98 Å². The molecule has 32 heavy (non-hydrogen) atoms. The molecule has 0 spiro atoms. The first-order valence-corrected chi connectivity index (χ1v) is 12.3. The quantitative estimate of drug-likeness (QED) is 0.428. The van der Waals surface area contributed by atoms with E-state index < -0.39 is 0 Å². The Bertz CT molecular complexity index is 1290. The maximum absolute atomic E-state index is 12.6. The molecule has 0 unspecified atom stereocenters. The third-order valence-electron chi connectivity index (χ3n) is 5.49. The van der Waals surface area contributed by atoms with Gasteiger partial charge in [0.05, 0.1) is 10.6 Å². The summed E-state index contributed by atoms with van der Waals surface area (Å²) in [4.78, 5) is 30.7. The van der Waals surface area contributed by atoms with E-state index in [0.717, 1.165) is 17.8 Å². The van der Waals surface area contributed by atoms with Gasteiger partial charge in [0.25, 0.3) is 11.5 Å². The van der Waals surface area contributed by atoms with Crippen LogP contribution in [0, 0.1) is 0 Å². The molecule has 1 aromatic carbocycles. The number of anilines is 1. The fourth-order valence-electron chi connectivity index (χ4n) is 3.88. The Morgan fingerprint density at radius 2 is 2.03 bits per heavy atom. The number of hydrogen-bond donors (Lipinski definition) is 1. The molecule has 1 amide bonds. The number of aromatic nitrogens is 3. The molecule has 4 aromatic rings. The average molecular weight is 467 g/mol. The van der Waals surface area contributed by atoms with E-state index in [-0.39, 0.29) is 18.1 Å². The second kappa shape index (κ2) is 9.22. The number of hydrogen-bond acceptors (Lipinski definition) is 7. The fourth-order valence-corrected chi connectivity index (χ4v) is 5.59. The Labute approximate surface area is 192 Å². The molecular formula is C23H22N4O3S2. The summed E-state index contributed by atoms with van der Waals surface area (Å²) in [7, 11) is 0. The first-order chi connectivity index (χ1) is 15.7. The van der Waals surface area contributed by atoms with E-state index in [1.54, 1.807) is 24.3 Å². The normalized spacial score (nSPS) is 14.5. The molecule has 1 aliphatic carbocycles. The monoisotopic (exact) mass is 466 g/mol. The highest BCUT2D eigenvalue weighted by molar-refractivity contribution is 7.16. The van der Waals surface area contributed by atoms with Gasteiger partial charge in [-0.2, -0.15) is 9.61 Å². The second-order valence-electron chi connectivity index (χ2n) is 7.80. The molecule has 0 atom stereocenters. The van der Waals surface area contributed by atoms with Gasteiger partial charge in [0.15, 0.2) is 0 Å². The van der Waals surface area contributed by atoms with Crippen LogP contribution in [-0.2, 0) is 6.61 Å². The SMILES string of the molecule is O=C(Nc1cccc(OCc2cc(=O)n3nc(C4CCCCC4)sc3n2)c1)c1cccs1. The number of nitrogens with zero attached hydrogens (tertiary/aromatic N) is 3. The number of carbonyl (C=O) groups is 1. The summed E-state index contributed by atoms with van der Waals surface area (Å²) in [5, 5.41) is 10.3. The molecule has 164 valence electrons. The summed E-state index contributed by atoms with van der Waals surface area (Å²) in [5.74, 6) is 0.862. The number of fused-ring (bicyclic) bond motifs is 1. The third-order valence-corrected chi connectivity index (χ3v) is 7.43. The molecule has 0 bridgehead atoms. The minimum atomic E-state index is -0.191. The van der Waals surface area contributed by atoms with Crippen molar-refractivity contribution in [2.45, 2.75) is 44.6 Å². The summed E-state index contributed by atoms with van der Waals surface area (Å²) in [6.45, 7) is 0.157. The molecule has 9 heteroatoms. The first kappa shape index (κ1) is 20.8. The van der Waals surface area contributed by atoms with Gasteiger partial charge in [0.1, 0.15) is 17.4 Å². The maximum Gasteiger partial charge on any atom is 0.275 e. The van der Waals surface area contributed by atoms with E-state index in [1.807, 2.05) is 17.5 Å². The van der Waals surface area contributed by atoms with Gasteiger partial charge >= 0.3 is 0 Å². The van der Waals surface area contributed by atoms with E-state index in [2.05, 4.69) is 15.4 Å². The maximum atomic E-state index is 12.6. The minimum Gasteiger partial charge on any atom is -0.487 e. The second-order valence-corrected chi connectivity index (χ2v) is 9.74. The Morgan fingerprint density at radius 3 is 2.84 bits per heavy atom. The highest BCUT2D eigenvalue weighted by Crippen LogP contribution is 2.34. The molecule has 1 N–H and O–H groups in total. The van der Waals surface area contributed by atoms with Crippen LogP contribution in [0.2, 0.25) is 0 Å².